The van der Waals surface area contributed by atoms with Crippen molar-refractivity contribution < 1.29 is 27.8 Å². The van der Waals surface area contributed by atoms with Crippen molar-refractivity contribution in [2.75, 3.05) is 5.32 Å². The fourth-order valence-corrected chi connectivity index (χ4v) is 2.74. The maximum Gasteiger partial charge on any atom is 0.573 e. The van der Waals surface area contributed by atoms with E-state index in [0.29, 0.717) is 22.5 Å². The first-order valence-electron chi connectivity index (χ1n) is 8.61. The van der Waals surface area contributed by atoms with Crippen molar-refractivity contribution in [3.8, 4) is 16.9 Å². The van der Waals surface area contributed by atoms with Crippen LogP contribution in [-0.2, 0) is 13.6 Å². The lowest BCUT2D eigenvalue weighted by molar-refractivity contribution is -0.274. The van der Waals surface area contributed by atoms with Gasteiger partial charge in [0.25, 0.3) is 5.56 Å². The Bertz CT molecular complexity index is 1130. The van der Waals surface area contributed by atoms with Gasteiger partial charge in [0.15, 0.2) is 0 Å². The van der Waals surface area contributed by atoms with E-state index in [2.05, 4.69) is 15.0 Å². The van der Waals surface area contributed by atoms with Gasteiger partial charge in [-0.25, -0.2) is 9.78 Å². The summed E-state index contributed by atoms with van der Waals surface area (Å²) < 4.78 is 42.0. The Morgan fingerprint density at radius 1 is 1.20 bits per heavy atom. The number of hydrogen-bond donors (Lipinski definition) is 2. The maximum absolute atomic E-state index is 12.3. The number of pyridine rings is 2. The van der Waals surface area contributed by atoms with Crippen LogP contribution < -0.4 is 15.6 Å². The number of carboxylic acid groups (broad SMARTS) is 1. The van der Waals surface area contributed by atoms with E-state index < -0.39 is 17.9 Å². The van der Waals surface area contributed by atoms with Crippen LogP contribution in [0.3, 0.4) is 0 Å². The molecule has 3 rings (SSSR count). The number of benzene rings is 1. The molecule has 0 aliphatic rings. The number of aromatic carboxylic acids is 1. The fraction of sp³-hybridized carbons (Fsp3) is 0.150. The molecule has 0 amide bonds. The molecule has 0 unspecified atom stereocenters. The zero-order valence-corrected chi connectivity index (χ0v) is 15.6. The monoisotopic (exact) mass is 419 g/mol. The van der Waals surface area contributed by atoms with Gasteiger partial charge in [-0.05, 0) is 35.9 Å². The van der Waals surface area contributed by atoms with Crippen LogP contribution in [0.2, 0.25) is 0 Å². The molecule has 0 atom stereocenters. The predicted octanol–water partition coefficient (Wildman–Crippen LogP) is 3.66. The Morgan fingerprint density at radius 2 is 1.97 bits per heavy atom. The molecular formula is C20H16F3N3O4. The van der Waals surface area contributed by atoms with Gasteiger partial charge in [0, 0.05) is 37.1 Å². The number of ether oxygens (including phenoxy) is 1. The van der Waals surface area contributed by atoms with Gasteiger partial charge in [0.1, 0.15) is 17.1 Å². The predicted molar refractivity (Wildman–Crippen MR) is 102 cm³/mol. The molecule has 30 heavy (non-hydrogen) atoms. The smallest absolute Gasteiger partial charge is 0.477 e. The zero-order valence-electron chi connectivity index (χ0n) is 15.6. The van der Waals surface area contributed by atoms with Crippen molar-refractivity contribution in [2.45, 2.75) is 12.9 Å². The van der Waals surface area contributed by atoms with Crippen molar-refractivity contribution in [1.29, 1.82) is 0 Å². The first-order valence-corrected chi connectivity index (χ1v) is 8.61. The Hall–Kier alpha value is -3.82. The van der Waals surface area contributed by atoms with E-state index in [-0.39, 0.29) is 17.9 Å². The van der Waals surface area contributed by atoms with E-state index in [1.807, 2.05) is 0 Å². The summed E-state index contributed by atoms with van der Waals surface area (Å²) in [6.45, 7) is 0.213. The van der Waals surface area contributed by atoms with Gasteiger partial charge in [0.05, 0.1) is 0 Å². The number of aryl methyl sites for hydroxylation is 1. The van der Waals surface area contributed by atoms with Gasteiger partial charge < -0.3 is 19.7 Å². The van der Waals surface area contributed by atoms with Gasteiger partial charge in [-0.1, -0.05) is 12.1 Å². The molecule has 0 saturated heterocycles. The number of carbonyl (C=O) groups is 1. The normalized spacial score (nSPS) is 11.2. The minimum atomic E-state index is -4.76. The van der Waals surface area contributed by atoms with Crippen molar-refractivity contribution in [3.63, 3.8) is 0 Å². The highest BCUT2D eigenvalue weighted by Crippen LogP contribution is 2.24. The standard InChI is InChI=1S/C20H16F3N3O4/c1-26-11-14(8-16(18(26)27)19(28)29)13-5-6-17(25-10-13)24-9-12-3-2-4-15(7-12)30-20(21,22)23/h2-8,10-11H,9H2,1H3,(H,24,25)(H,28,29). The summed E-state index contributed by atoms with van der Waals surface area (Å²) in [5, 5.41) is 12.1. The Balaban J connectivity index is 1.72. The molecule has 156 valence electrons. The van der Waals surface area contributed by atoms with E-state index in [1.165, 1.54) is 48.3 Å². The van der Waals surface area contributed by atoms with Crippen molar-refractivity contribution >= 4 is 11.8 Å². The topological polar surface area (TPSA) is 93.4 Å². The van der Waals surface area contributed by atoms with Crippen molar-refractivity contribution in [1.82, 2.24) is 9.55 Å². The van der Waals surface area contributed by atoms with Crippen LogP contribution >= 0.6 is 0 Å². The number of halogens is 3. The highest BCUT2D eigenvalue weighted by Gasteiger charge is 2.31. The summed E-state index contributed by atoms with van der Waals surface area (Å²) >= 11 is 0. The summed E-state index contributed by atoms with van der Waals surface area (Å²) in [4.78, 5) is 27.3. The molecule has 7 nitrogen and oxygen atoms in total. The van der Waals surface area contributed by atoms with Crippen LogP contribution in [0.1, 0.15) is 15.9 Å². The molecule has 0 aliphatic carbocycles. The lowest BCUT2D eigenvalue weighted by Gasteiger charge is -2.11. The van der Waals surface area contributed by atoms with Crippen LogP contribution in [0, 0.1) is 0 Å². The number of carboxylic acids is 1. The summed E-state index contributed by atoms with van der Waals surface area (Å²) in [6, 6.07) is 10.2. The first-order chi connectivity index (χ1) is 14.1. The fourth-order valence-electron chi connectivity index (χ4n) is 2.74. The average molecular weight is 419 g/mol. The van der Waals surface area contributed by atoms with E-state index >= 15 is 0 Å². The highest BCUT2D eigenvalue weighted by molar-refractivity contribution is 5.88. The third-order valence-electron chi connectivity index (χ3n) is 4.12. The van der Waals surface area contributed by atoms with Crippen LogP contribution in [-0.4, -0.2) is 27.0 Å². The third-order valence-corrected chi connectivity index (χ3v) is 4.12. The SMILES string of the molecule is Cn1cc(-c2ccc(NCc3cccc(OC(F)(F)F)c3)nc2)cc(C(=O)O)c1=O. The Kier molecular flexibility index (Phi) is 5.77. The number of rotatable bonds is 6. The molecule has 2 N–H and O–H groups in total. The van der Waals surface area contributed by atoms with Gasteiger partial charge in [-0.2, -0.15) is 0 Å². The van der Waals surface area contributed by atoms with Crippen LogP contribution in [0.25, 0.3) is 11.1 Å². The lowest BCUT2D eigenvalue weighted by atomic mass is 10.1. The van der Waals surface area contributed by atoms with E-state index in [0.717, 1.165) is 0 Å². The van der Waals surface area contributed by atoms with Crippen molar-refractivity contribution in [3.05, 3.63) is 76.3 Å². The average Bonchev–Trinajstić information content (AvgIpc) is 2.67. The molecular weight excluding hydrogens is 403 g/mol. The number of aromatic nitrogens is 2. The van der Waals surface area contributed by atoms with Gasteiger partial charge in [0.2, 0.25) is 0 Å². The number of nitrogens with zero attached hydrogens (tertiary/aromatic N) is 2. The van der Waals surface area contributed by atoms with Crippen LogP contribution in [0.15, 0.2) is 59.7 Å². The number of nitrogens with one attached hydrogen (secondary N) is 1. The van der Waals surface area contributed by atoms with Gasteiger partial charge in [-0.3, -0.25) is 4.79 Å². The molecule has 0 fully saturated rings. The second-order valence-corrected chi connectivity index (χ2v) is 6.34. The minimum absolute atomic E-state index is 0.213. The van der Waals surface area contributed by atoms with E-state index in [4.69, 9.17) is 5.11 Å². The summed E-state index contributed by atoms with van der Waals surface area (Å²) in [5.41, 5.74) is 0.698. The summed E-state index contributed by atoms with van der Waals surface area (Å²) in [6.07, 6.45) is -1.76. The second-order valence-electron chi connectivity index (χ2n) is 6.34. The number of anilines is 1. The molecule has 0 saturated carbocycles. The molecule has 10 heteroatoms. The molecule has 0 aliphatic heterocycles. The third kappa shape index (κ3) is 5.16. The van der Waals surface area contributed by atoms with Crippen molar-refractivity contribution in [2.24, 2.45) is 7.05 Å². The molecule has 0 bridgehead atoms. The molecule has 1 aromatic carbocycles. The van der Waals surface area contributed by atoms with Gasteiger partial charge in [-0.15, -0.1) is 13.2 Å². The summed E-state index contributed by atoms with van der Waals surface area (Å²) in [5.74, 6) is -1.17. The molecule has 0 spiro atoms. The zero-order chi connectivity index (χ0) is 21.9. The molecule has 2 aromatic heterocycles. The van der Waals surface area contributed by atoms with E-state index in [9.17, 15) is 22.8 Å². The number of hydrogen-bond acceptors (Lipinski definition) is 5. The largest absolute Gasteiger partial charge is 0.573 e. The summed E-state index contributed by atoms with van der Waals surface area (Å²) in [7, 11) is 1.46. The van der Waals surface area contributed by atoms with Crippen LogP contribution in [0.5, 0.6) is 5.75 Å². The minimum Gasteiger partial charge on any atom is -0.477 e. The maximum atomic E-state index is 12.3. The van der Waals surface area contributed by atoms with E-state index in [1.54, 1.807) is 18.2 Å². The molecule has 3 aromatic rings. The molecule has 0 radical (unpaired) electrons. The van der Waals surface area contributed by atoms with Crippen LogP contribution in [0.4, 0.5) is 19.0 Å². The quantitative estimate of drug-likeness (QED) is 0.634. The molecule has 2 heterocycles. The lowest BCUT2D eigenvalue weighted by Crippen LogP contribution is -2.23. The Morgan fingerprint density at radius 3 is 2.60 bits per heavy atom. The first kappa shape index (κ1) is 20.9. The Labute approximate surface area is 168 Å². The second kappa shape index (κ2) is 8.27. The van der Waals surface area contributed by atoms with Gasteiger partial charge >= 0.3 is 12.3 Å². The highest BCUT2D eigenvalue weighted by atomic mass is 19.4. The number of alkyl halides is 3.